The highest BCUT2D eigenvalue weighted by Gasteiger charge is 2.10. The minimum absolute atomic E-state index is 0.0190. The summed E-state index contributed by atoms with van der Waals surface area (Å²) in [6.07, 6.45) is 5.18. The van der Waals surface area contributed by atoms with Crippen LogP contribution in [0, 0.1) is 6.92 Å². The van der Waals surface area contributed by atoms with Crippen LogP contribution in [0.5, 0.6) is 0 Å². The number of ether oxygens (including phenoxy) is 6. The Morgan fingerprint density at radius 2 is 1.37 bits per heavy atom. The highest BCUT2D eigenvalue weighted by Crippen LogP contribution is 2.24. The number of nitrogens with zero attached hydrogens (tertiary/aromatic N) is 3. The third-order valence-electron chi connectivity index (χ3n) is 7.42. The van der Waals surface area contributed by atoms with Crippen LogP contribution in [-0.2, 0) is 35.0 Å². The van der Waals surface area contributed by atoms with Gasteiger partial charge in [0.15, 0.2) is 0 Å². The largest absolute Gasteiger partial charge is 0.394 e. The number of pyridine rings is 1. The minimum Gasteiger partial charge on any atom is -0.394 e. The molecule has 0 radical (unpaired) electrons. The van der Waals surface area contributed by atoms with Gasteiger partial charge >= 0.3 is 0 Å². The molecule has 0 bridgehead atoms. The van der Waals surface area contributed by atoms with E-state index in [1.165, 1.54) is 0 Å². The second kappa shape index (κ2) is 24.7. The van der Waals surface area contributed by atoms with Crippen molar-refractivity contribution in [1.82, 2.24) is 20.3 Å². The molecule has 4 aromatic rings. The molecule has 0 aliphatic rings. The van der Waals surface area contributed by atoms with Gasteiger partial charge in [0, 0.05) is 54.2 Å². The molecule has 0 aliphatic carbocycles. The molecule has 2 heterocycles. The smallest absolute Gasteiger partial charge is 0.255 e. The Labute approximate surface area is 305 Å². The van der Waals surface area contributed by atoms with Crippen LogP contribution in [0.15, 0.2) is 79.3 Å². The highest BCUT2D eigenvalue weighted by atomic mass is 16.6. The van der Waals surface area contributed by atoms with Gasteiger partial charge in [-0.15, -0.1) is 0 Å². The monoisotopic (exact) mass is 718 g/mol. The molecule has 0 spiro atoms. The Morgan fingerprint density at radius 3 is 1.98 bits per heavy atom. The summed E-state index contributed by atoms with van der Waals surface area (Å²) in [6.45, 7) is 9.16. The van der Waals surface area contributed by atoms with E-state index in [-0.39, 0.29) is 12.5 Å². The van der Waals surface area contributed by atoms with E-state index in [1.807, 2.05) is 67.6 Å². The summed E-state index contributed by atoms with van der Waals surface area (Å²) >= 11 is 0. The molecule has 2 aromatic carbocycles. The molecule has 0 saturated heterocycles. The maximum absolute atomic E-state index is 13.0. The van der Waals surface area contributed by atoms with Gasteiger partial charge in [-0.1, -0.05) is 18.2 Å². The molecule has 52 heavy (non-hydrogen) atoms. The van der Waals surface area contributed by atoms with Crippen molar-refractivity contribution in [2.24, 2.45) is 0 Å². The zero-order chi connectivity index (χ0) is 36.5. The van der Waals surface area contributed by atoms with Gasteiger partial charge in [0.25, 0.3) is 5.91 Å². The fourth-order valence-corrected chi connectivity index (χ4v) is 4.67. The predicted octanol–water partition coefficient (Wildman–Crippen LogP) is 4.02. The van der Waals surface area contributed by atoms with Crippen LogP contribution in [0.3, 0.4) is 0 Å². The molecule has 14 nitrogen and oxygen atoms in total. The first-order valence-electron chi connectivity index (χ1n) is 17.4. The summed E-state index contributed by atoms with van der Waals surface area (Å²) in [4.78, 5) is 26.1. The number of amides is 1. The van der Waals surface area contributed by atoms with Gasteiger partial charge in [-0.05, 0) is 60.5 Å². The van der Waals surface area contributed by atoms with Gasteiger partial charge in [-0.3, -0.25) is 9.78 Å². The zero-order valence-electron chi connectivity index (χ0n) is 29.8. The fraction of sp³-hybridized carbons (Fsp3) is 0.421. The number of aliphatic hydroxyl groups excluding tert-OH is 1. The van der Waals surface area contributed by atoms with Crippen LogP contribution in [0.2, 0.25) is 0 Å². The lowest BCUT2D eigenvalue weighted by atomic mass is 10.1. The maximum atomic E-state index is 13.0. The van der Waals surface area contributed by atoms with Crippen molar-refractivity contribution < 1.29 is 38.3 Å². The Hall–Kier alpha value is -4.38. The second-order valence-electron chi connectivity index (χ2n) is 11.4. The SMILES string of the molecule is Cc1ccc(NC(=O)c2ccc(CNCCOCCOCCOCCOCCOCCOCCO)cc2)cc1Nc1nccc(-c2cccnc2)n1. The summed E-state index contributed by atoms with van der Waals surface area (Å²) in [6, 6.07) is 18.8. The lowest BCUT2D eigenvalue weighted by Gasteiger charge is -2.12. The van der Waals surface area contributed by atoms with Crippen molar-refractivity contribution in [2.45, 2.75) is 13.5 Å². The topological polar surface area (TPSA) is 167 Å². The first-order chi connectivity index (χ1) is 25.6. The Morgan fingerprint density at radius 1 is 0.731 bits per heavy atom. The van der Waals surface area contributed by atoms with E-state index in [0.717, 1.165) is 28.1 Å². The molecule has 14 heteroatoms. The molecular formula is C38H50N6O8. The van der Waals surface area contributed by atoms with Crippen molar-refractivity contribution >= 4 is 23.2 Å². The van der Waals surface area contributed by atoms with E-state index in [0.29, 0.717) is 110 Å². The Balaban J connectivity index is 1.02. The number of aromatic nitrogens is 3. The Kier molecular flexibility index (Phi) is 19.2. The Bertz CT molecular complexity index is 1570. The molecule has 0 saturated carbocycles. The van der Waals surface area contributed by atoms with E-state index in [1.54, 1.807) is 18.6 Å². The van der Waals surface area contributed by atoms with Crippen LogP contribution in [-0.4, -0.2) is 118 Å². The molecule has 1 amide bonds. The third kappa shape index (κ3) is 15.9. The number of rotatable bonds is 27. The van der Waals surface area contributed by atoms with Crippen LogP contribution < -0.4 is 16.0 Å². The molecule has 0 unspecified atom stereocenters. The zero-order valence-corrected chi connectivity index (χ0v) is 29.8. The summed E-state index contributed by atoms with van der Waals surface area (Å²) < 4.78 is 32.5. The average Bonchev–Trinajstić information content (AvgIpc) is 3.17. The quantitative estimate of drug-likeness (QED) is 0.0654. The lowest BCUT2D eigenvalue weighted by Crippen LogP contribution is -2.20. The molecular weight excluding hydrogens is 668 g/mol. The van der Waals surface area contributed by atoms with Crippen LogP contribution in [0.1, 0.15) is 21.5 Å². The van der Waals surface area contributed by atoms with Gasteiger partial charge in [0.05, 0.1) is 91.6 Å². The van der Waals surface area contributed by atoms with Gasteiger partial charge in [-0.25, -0.2) is 9.97 Å². The predicted molar refractivity (Wildman–Crippen MR) is 198 cm³/mol. The highest BCUT2D eigenvalue weighted by molar-refractivity contribution is 6.04. The first-order valence-corrected chi connectivity index (χ1v) is 17.4. The summed E-state index contributed by atoms with van der Waals surface area (Å²) in [5, 5.41) is 18.2. The molecule has 0 fully saturated rings. The summed E-state index contributed by atoms with van der Waals surface area (Å²) in [5.74, 6) is 0.252. The van der Waals surface area contributed by atoms with E-state index >= 15 is 0 Å². The third-order valence-corrected chi connectivity index (χ3v) is 7.42. The molecule has 280 valence electrons. The molecule has 4 N–H and O–H groups in total. The molecule has 0 aliphatic heterocycles. The van der Waals surface area contributed by atoms with Gasteiger partial charge in [0.2, 0.25) is 5.95 Å². The number of hydrogen-bond donors (Lipinski definition) is 4. The molecule has 0 atom stereocenters. The van der Waals surface area contributed by atoms with Crippen molar-refractivity contribution in [3.05, 3.63) is 95.9 Å². The van der Waals surface area contributed by atoms with E-state index in [4.69, 9.17) is 33.5 Å². The number of aryl methyl sites for hydroxylation is 1. The van der Waals surface area contributed by atoms with E-state index < -0.39 is 0 Å². The van der Waals surface area contributed by atoms with Crippen LogP contribution in [0.25, 0.3) is 11.3 Å². The van der Waals surface area contributed by atoms with Crippen molar-refractivity contribution in [2.75, 3.05) is 103 Å². The van der Waals surface area contributed by atoms with E-state index in [2.05, 4.69) is 30.9 Å². The number of carbonyl (C=O) groups is 1. The van der Waals surface area contributed by atoms with Crippen LogP contribution >= 0.6 is 0 Å². The normalized spacial score (nSPS) is 11.1. The van der Waals surface area contributed by atoms with Crippen LogP contribution in [0.4, 0.5) is 17.3 Å². The summed E-state index contributed by atoms with van der Waals surface area (Å²) in [7, 11) is 0. The minimum atomic E-state index is -0.198. The standard InChI is InChI=1S/C38H50N6O8/c1-30-4-9-34(27-36(30)44-38-41-12-10-35(43-38)33-3-2-11-39-29-33)42-37(46)32-7-5-31(6-8-32)28-40-13-15-47-17-19-49-21-23-51-25-26-52-24-22-50-20-18-48-16-14-45/h2-12,27,29,40,45H,13-26,28H2,1H3,(H,42,46)(H,41,43,44). The number of benzene rings is 2. The second-order valence-corrected chi connectivity index (χ2v) is 11.4. The van der Waals surface area contributed by atoms with E-state index in [9.17, 15) is 4.79 Å². The van der Waals surface area contributed by atoms with Gasteiger partial charge in [-0.2, -0.15) is 0 Å². The van der Waals surface area contributed by atoms with Crippen molar-refractivity contribution in [3.8, 4) is 11.3 Å². The number of hydrogen-bond acceptors (Lipinski definition) is 13. The fourth-order valence-electron chi connectivity index (χ4n) is 4.67. The molecule has 2 aromatic heterocycles. The van der Waals surface area contributed by atoms with Gasteiger partial charge in [0.1, 0.15) is 0 Å². The first kappa shape index (κ1) is 40.4. The lowest BCUT2D eigenvalue weighted by molar-refractivity contribution is -0.0180. The summed E-state index contributed by atoms with van der Waals surface area (Å²) in [5.41, 5.74) is 5.72. The average molecular weight is 719 g/mol. The number of carbonyl (C=O) groups excluding carboxylic acids is 1. The van der Waals surface area contributed by atoms with Crippen molar-refractivity contribution in [1.29, 1.82) is 0 Å². The van der Waals surface area contributed by atoms with Gasteiger partial charge < -0.3 is 49.5 Å². The van der Waals surface area contributed by atoms with Crippen molar-refractivity contribution in [3.63, 3.8) is 0 Å². The number of nitrogens with one attached hydrogen (secondary N) is 3. The molecule has 4 rings (SSSR count). The number of anilines is 3. The number of aliphatic hydroxyl groups is 1. The maximum Gasteiger partial charge on any atom is 0.255 e.